The maximum Gasteiger partial charge on any atom is 0.146 e. The maximum atomic E-state index is 10.8. The molecule has 0 aromatic carbocycles. The Kier molecular flexibility index (Phi) is 2.40. The quantitative estimate of drug-likeness (QED) is 0.547. The molecule has 0 aromatic rings. The first-order valence-electron chi connectivity index (χ1n) is 3.68. The van der Waals surface area contributed by atoms with E-state index in [1.165, 1.54) is 0 Å². The summed E-state index contributed by atoms with van der Waals surface area (Å²) in [5.41, 5.74) is 5.63. The van der Waals surface area contributed by atoms with Crippen LogP contribution in [0.1, 0.15) is 13.3 Å². The van der Waals surface area contributed by atoms with E-state index in [1.54, 1.807) is 6.92 Å². The first-order chi connectivity index (χ1) is 4.72. The minimum absolute atomic E-state index is 0.105. The van der Waals surface area contributed by atoms with Gasteiger partial charge in [0.1, 0.15) is 5.78 Å². The highest BCUT2D eigenvalue weighted by atomic mass is 16.1. The highest BCUT2D eigenvalue weighted by molar-refractivity contribution is 5.81. The van der Waals surface area contributed by atoms with Crippen molar-refractivity contribution in [2.45, 2.75) is 19.4 Å². The Morgan fingerprint density at radius 3 is 2.90 bits per heavy atom. The first-order valence-corrected chi connectivity index (χ1v) is 3.68. The third kappa shape index (κ3) is 1.55. The molecule has 1 heterocycles. The van der Waals surface area contributed by atoms with Gasteiger partial charge in [0.05, 0.1) is 6.04 Å². The molecule has 10 heavy (non-hydrogen) atoms. The van der Waals surface area contributed by atoms with Crippen LogP contribution in [0.25, 0.3) is 0 Å². The average Bonchev–Trinajstić information content (AvgIpc) is 2.36. The number of ketones is 1. The molecular formula is C7H14N2O. The van der Waals surface area contributed by atoms with Crippen LogP contribution in [0.15, 0.2) is 0 Å². The minimum atomic E-state index is -0.241. The molecule has 0 spiro atoms. The number of nitrogens with one attached hydrogen (secondary N) is 1. The lowest BCUT2D eigenvalue weighted by Gasteiger charge is -2.13. The van der Waals surface area contributed by atoms with Gasteiger partial charge in [-0.25, -0.2) is 0 Å². The monoisotopic (exact) mass is 142 g/mol. The Morgan fingerprint density at radius 1 is 1.80 bits per heavy atom. The van der Waals surface area contributed by atoms with Gasteiger partial charge in [0.2, 0.25) is 0 Å². The Hall–Kier alpha value is -0.410. The van der Waals surface area contributed by atoms with Crippen LogP contribution in [0.5, 0.6) is 0 Å². The third-order valence-electron chi connectivity index (χ3n) is 2.08. The van der Waals surface area contributed by atoms with Crippen molar-refractivity contribution in [3.05, 3.63) is 0 Å². The van der Waals surface area contributed by atoms with Gasteiger partial charge in [0.15, 0.2) is 0 Å². The van der Waals surface area contributed by atoms with Crippen molar-refractivity contribution in [3.63, 3.8) is 0 Å². The second kappa shape index (κ2) is 3.12. The fraction of sp³-hybridized carbons (Fsp3) is 0.857. The summed E-state index contributed by atoms with van der Waals surface area (Å²) >= 11 is 0. The van der Waals surface area contributed by atoms with Gasteiger partial charge in [-0.3, -0.25) is 4.79 Å². The molecule has 3 nitrogen and oxygen atoms in total. The second-order valence-electron chi connectivity index (χ2n) is 2.89. The highest BCUT2D eigenvalue weighted by Crippen LogP contribution is 2.11. The summed E-state index contributed by atoms with van der Waals surface area (Å²) in [5, 5.41) is 3.18. The molecule has 0 bridgehead atoms. The molecular weight excluding hydrogens is 128 g/mol. The van der Waals surface area contributed by atoms with Gasteiger partial charge in [-0.1, -0.05) is 0 Å². The number of carbonyl (C=O) groups excluding carboxylic acids is 1. The van der Waals surface area contributed by atoms with Crippen LogP contribution >= 0.6 is 0 Å². The zero-order chi connectivity index (χ0) is 7.56. The summed E-state index contributed by atoms with van der Waals surface area (Å²) in [7, 11) is 0. The molecule has 1 aliphatic rings. The normalized spacial score (nSPS) is 28.4. The molecule has 1 aliphatic heterocycles. The van der Waals surface area contributed by atoms with Crippen LogP contribution in [0.4, 0.5) is 0 Å². The zero-order valence-corrected chi connectivity index (χ0v) is 6.26. The predicted molar refractivity (Wildman–Crippen MR) is 39.6 cm³/mol. The fourth-order valence-corrected chi connectivity index (χ4v) is 1.32. The third-order valence-corrected chi connectivity index (χ3v) is 2.08. The van der Waals surface area contributed by atoms with Crippen LogP contribution in [0, 0.1) is 5.92 Å². The zero-order valence-electron chi connectivity index (χ0n) is 6.26. The summed E-state index contributed by atoms with van der Waals surface area (Å²) in [6.07, 6.45) is 1.04. The summed E-state index contributed by atoms with van der Waals surface area (Å²) in [5.74, 6) is 0.478. The van der Waals surface area contributed by atoms with Gasteiger partial charge in [-0.15, -0.1) is 0 Å². The van der Waals surface area contributed by atoms with Crippen molar-refractivity contribution in [1.82, 2.24) is 5.32 Å². The van der Waals surface area contributed by atoms with Crippen molar-refractivity contribution in [2.24, 2.45) is 11.7 Å². The molecule has 3 N–H and O–H groups in total. The van der Waals surface area contributed by atoms with Crippen LogP contribution in [-0.2, 0) is 4.79 Å². The number of hydrogen-bond donors (Lipinski definition) is 2. The molecule has 1 saturated heterocycles. The van der Waals surface area contributed by atoms with Crippen molar-refractivity contribution in [3.8, 4) is 0 Å². The molecule has 0 radical (unpaired) electrons. The van der Waals surface area contributed by atoms with E-state index in [0.29, 0.717) is 5.92 Å². The molecule has 0 saturated carbocycles. The SMILES string of the molecule is CC(=O)[C@H](N)C1CCNC1. The lowest BCUT2D eigenvalue weighted by atomic mass is 9.97. The Morgan fingerprint density at radius 2 is 2.50 bits per heavy atom. The van der Waals surface area contributed by atoms with E-state index in [1.807, 2.05) is 0 Å². The molecule has 2 atom stereocenters. The lowest BCUT2D eigenvalue weighted by molar-refractivity contribution is -0.119. The van der Waals surface area contributed by atoms with E-state index in [0.717, 1.165) is 19.5 Å². The smallest absolute Gasteiger partial charge is 0.146 e. The van der Waals surface area contributed by atoms with Crippen molar-refractivity contribution < 1.29 is 4.79 Å². The number of carbonyl (C=O) groups is 1. The lowest BCUT2D eigenvalue weighted by Crippen LogP contribution is -2.37. The van der Waals surface area contributed by atoms with Gasteiger partial charge in [0.25, 0.3) is 0 Å². The topological polar surface area (TPSA) is 55.1 Å². The molecule has 1 rings (SSSR count). The largest absolute Gasteiger partial charge is 0.321 e. The fourth-order valence-electron chi connectivity index (χ4n) is 1.32. The number of rotatable bonds is 2. The molecule has 3 heteroatoms. The van der Waals surface area contributed by atoms with Crippen LogP contribution in [-0.4, -0.2) is 24.9 Å². The van der Waals surface area contributed by atoms with Gasteiger partial charge in [-0.2, -0.15) is 0 Å². The Balaban J connectivity index is 2.39. The Bertz CT molecular complexity index is 130. The van der Waals surface area contributed by atoms with Gasteiger partial charge >= 0.3 is 0 Å². The van der Waals surface area contributed by atoms with Crippen molar-refractivity contribution in [2.75, 3.05) is 13.1 Å². The second-order valence-corrected chi connectivity index (χ2v) is 2.89. The van der Waals surface area contributed by atoms with Crippen molar-refractivity contribution >= 4 is 5.78 Å². The molecule has 1 fully saturated rings. The van der Waals surface area contributed by atoms with Crippen LogP contribution < -0.4 is 11.1 Å². The number of nitrogens with two attached hydrogens (primary N) is 1. The summed E-state index contributed by atoms with van der Waals surface area (Å²) in [6, 6.07) is -0.241. The molecule has 0 amide bonds. The standard InChI is InChI=1S/C7H14N2O/c1-5(10)7(8)6-2-3-9-4-6/h6-7,9H,2-4,8H2,1H3/t6?,7-/m0/s1. The average molecular weight is 142 g/mol. The van der Waals surface area contributed by atoms with E-state index in [-0.39, 0.29) is 11.8 Å². The molecule has 1 unspecified atom stereocenters. The summed E-state index contributed by atoms with van der Waals surface area (Å²) in [4.78, 5) is 10.8. The number of Topliss-reactive ketones (excluding diaryl/α,β-unsaturated/α-hetero) is 1. The highest BCUT2D eigenvalue weighted by Gasteiger charge is 2.24. The van der Waals surface area contributed by atoms with Gasteiger partial charge < -0.3 is 11.1 Å². The number of hydrogen-bond acceptors (Lipinski definition) is 3. The van der Waals surface area contributed by atoms with E-state index in [2.05, 4.69) is 5.32 Å². The summed E-state index contributed by atoms with van der Waals surface area (Å²) < 4.78 is 0. The predicted octanol–water partition coefficient (Wildman–Crippen LogP) is -0.488. The van der Waals surface area contributed by atoms with E-state index < -0.39 is 0 Å². The van der Waals surface area contributed by atoms with Crippen LogP contribution in [0.3, 0.4) is 0 Å². The van der Waals surface area contributed by atoms with E-state index >= 15 is 0 Å². The molecule has 58 valence electrons. The van der Waals surface area contributed by atoms with Gasteiger partial charge in [0, 0.05) is 0 Å². The minimum Gasteiger partial charge on any atom is -0.321 e. The van der Waals surface area contributed by atoms with Crippen LogP contribution in [0.2, 0.25) is 0 Å². The van der Waals surface area contributed by atoms with E-state index in [4.69, 9.17) is 5.73 Å². The Labute approximate surface area is 61.0 Å². The first kappa shape index (κ1) is 7.69. The molecule has 0 aromatic heterocycles. The van der Waals surface area contributed by atoms with E-state index in [9.17, 15) is 4.79 Å². The molecule has 0 aliphatic carbocycles. The maximum absolute atomic E-state index is 10.8. The van der Waals surface area contributed by atoms with Gasteiger partial charge in [-0.05, 0) is 32.4 Å². The summed E-state index contributed by atoms with van der Waals surface area (Å²) in [6.45, 7) is 3.47. The van der Waals surface area contributed by atoms with Crippen molar-refractivity contribution in [1.29, 1.82) is 0 Å².